The summed E-state index contributed by atoms with van der Waals surface area (Å²) in [5.74, 6) is -1.59. The third-order valence-corrected chi connectivity index (χ3v) is 4.02. The van der Waals surface area contributed by atoms with E-state index in [9.17, 15) is 14.7 Å². The van der Waals surface area contributed by atoms with Gasteiger partial charge < -0.3 is 14.9 Å². The number of hydrogen-bond donors (Lipinski definition) is 1. The van der Waals surface area contributed by atoms with Gasteiger partial charge in [-0.1, -0.05) is 19.8 Å². The van der Waals surface area contributed by atoms with Crippen LogP contribution in [0.25, 0.3) is 0 Å². The molecule has 0 aromatic heterocycles. The Bertz CT molecular complexity index is 331. The van der Waals surface area contributed by atoms with Crippen LogP contribution in [0.1, 0.15) is 39.0 Å². The number of carboxylic acids is 1. The van der Waals surface area contributed by atoms with Crippen molar-refractivity contribution in [3.05, 3.63) is 0 Å². The Hall–Kier alpha value is -1.10. The summed E-state index contributed by atoms with van der Waals surface area (Å²) in [6.45, 7) is 4.26. The molecule has 0 spiro atoms. The molecule has 5 heteroatoms. The molecule has 1 fully saturated rings. The number of likely N-dealkylation sites (N-methyl/N-ethyl adjacent to an activating group) is 1. The predicted molar refractivity (Wildman–Crippen MR) is 78.5 cm³/mol. The van der Waals surface area contributed by atoms with Gasteiger partial charge in [-0.2, -0.15) is 0 Å². The van der Waals surface area contributed by atoms with Crippen LogP contribution in [0.2, 0.25) is 0 Å². The van der Waals surface area contributed by atoms with Gasteiger partial charge >= 0.3 is 5.97 Å². The van der Waals surface area contributed by atoms with E-state index >= 15 is 0 Å². The molecule has 0 aromatic carbocycles. The molecule has 1 amide bonds. The van der Waals surface area contributed by atoms with Crippen LogP contribution in [0.15, 0.2) is 0 Å². The molecule has 0 heterocycles. The maximum absolute atomic E-state index is 12.7. The molecule has 0 unspecified atom stereocenters. The smallest absolute Gasteiger partial charge is 0.307 e. The number of carbonyl (C=O) groups excluding carboxylic acids is 1. The molecule has 20 heavy (non-hydrogen) atoms. The zero-order chi connectivity index (χ0) is 15.1. The topological polar surface area (TPSA) is 60.9 Å². The molecular weight excluding hydrogens is 256 g/mol. The van der Waals surface area contributed by atoms with Crippen molar-refractivity contribution in [1.82, 2.24) is 9.80 Å². The lowest BCUT2D eigenvalue weighted by atomic mass is 9.78. The minimum absolute atomic E-state index is 0.0424. The van der Waals surface area contributed by atoms with Gasteiger partial charge in [-0.05, 0) is 33.4 Å². The van der Waals surface area contributed by atoms with Gasteiger partial charge in [0.05, 0.1) is 11.8 Å². The molecule has 1 N–H and O–H groups in total. The molecule has 116 valence electrons. The van der Waals surface area contributed by atoms with Crippen LogP contribution in [-0.4, -0.2) is 60.5 Å². The number of carboxylic acid groups (broad SMARTS) is 1. The fourth-order valence-electron chi connectivity index (χ4n) is 2.88. The number of rotatable bonds is 7. The normalized spacial score (nSPS) is 22.8. The maximum Gasteiger partial charge on any atom is 0.307 e. The first-order chi connectivity index (χ1) is 9.47. The van der Waals surface area contributed by atoms with Gasteiger partial charge in [0.15, 0.2) is 0 Å². The number of carbonyl (C=O) groups is 2. The minimum atomic E-state index is -0.813. The molecule has 5 nitrogen and oxygen atoms in total. The van der Waals surface area contributed by atoms with Crippen molar-refractivity contribution in [3.8, 4) is 0 Å². The molecular formula is C15H28N2O3. The average Bonchev–Trinajstić information content (AvgIpc) is 2.42. The van der Waals surface area contributed by atoms with Crippen LogP contribution in [0.5, 0.6) is 0 Å². The van der Waals surface area contributed by atoms with Crippen LogP contribution >= 0.6 is 0 Å². The summed E-state index contributed by atoms with van der Waals surface area (Å²) in [5, 5.41) is 9.31. The Labute approximate surface area is 121 Å². The fourth-order valence-corrected chi connectivity index (χ4v) is 2.88. The van der Waals surface area contributed by atoms with E-state index in [0.29, 0.717) is 13.0 Å². The molecule has 0 radical (unpaired) electrons. The van der Waals surface area contributed by atoms with Crippen LogP contribution in [0, 0.1) is 11.8 Å². The first kappa shape index (κ1) is 17.0. The maximum atomic E-state index is 12.7. The lowest BCUT2D eigenvalue weighted by Gasteiger charge is -2.33. The second-order valence-corrected chi connectivity index (χ2v) is 5.96. The second-order valence-electron chi connectivity index (χ2n) is 5.96. The van der Waals surface area contributed by atoms with Crippen LogP contribution < -0.4 is 0 Å². The lowest BCUT2D eigenvalue weighted by Crippen LogP contribution is -2.45. The first-order valence-corrected chi connectivity index (χ1v) is 7.63. The van der Waals surface area contributed by atoms with E-state index in [1.807, 2.05) is 30.8 Å². The summed E-state index contributed by atoms with van der Waals surface area (Å²) in [5.41, 5.74) is 0. The summed E-state index contributed by atoms with van der Waals surface area (Å²) in [6.07, 6.45) is 4.15. The van der Waals surface area contributed by atoms with Gasteiger partial charge in [0.25, 0.3) is 0 Å². The van der Waals surface area contributed by atoms with Crippen molar-refractivity contribution in [2.45, 2.75) is 39.0 Å². The fraction of sp³-hybridized carbons (Fsp3) is 0.867. The Balaban J connectivity index is 2.72. The average molecular weight is 284 g/mol. The summed E-state index contributed by atoms with van der Waals surface area (Å²) >= 11 is 0. The highest BCUT2D eigenvalue weighted by Gasteiger charge is 2.37. The monoisotopic (exact) mass is 284 g/mol. The van der Waals surface area contributed by atoms with Gasteiger partial charge in [0, 0.05) is 19.6 Å². The summed E-state index contributed by atoms with van der Waals surface area (Å²) in [4.78, 5) is 27.9. The number of aliphatic carboxylic acids is 1. The zero-order valence-corrected chi connectivity index (χ0v) is 13.0. The number of amides is 1. The van der Waals surface area contributed by atoms with Gasteiger partial charge in [-0.15, -0.1) is 0 Å². The van der Waals surface area contributed by atoms with Crippen molar-refractivity contribution in [2.24, 2.45) is 11.8 Å². The molecule has 0 aliphatic heterocycles. The van der Waals surface area contributed by atoms with Crippen molar-refractivity contribution < 1.29 is 14.7 Å². The molecule has 1 rings (SSSR count). The van der Waals surface area contributed by atoms with Crippen molar-refractivity contribution in [3.63, 3.8) is 0 Å². The third-order valence-electron chi connectivity index (χ3n) is 4.02. The van der Waals surface area contributed by atoms with E-state index in [2.05, 4.69) is 0 Å². The van der Waals surface area contributed by atoms with E-state index in [0.717, 1.165) is 38.8 Å². The Morgan fingerprint density at radius 2 is 1.65 bits per heavy atom. The molecule has 0 aromatic rings. The van der Waals surface area contributed by atoms with Crippen LogP contribution in [0.4, 0.5) is 0 Å². The van der Waals surface area contributed by atoms with Crippen molar-refractivity contribution >= 4 is 11.9 Å². The van der Waals surface area contributed by atoms with Crippen LogP contribution in [-0.2, 0) is 9.59 Å². The van der Waals surface area contributed by atoms with Crippen molar-refractivity contribution in [1.29, 1.82) is 0 Å². The largest absolute Gasteiger partial charge is 0.481 e. The van der Waals surface area contributed by atoms with Gasteiger partial charge in [-0.3, -0.25) is 9.59 Å². The van der Waals surface area contributed by atoms with Crippen LogP contribution in [0.3, 0.4) is 0 Å². The summed E-state index contributed by atoms with van der Waals surface area (Å²) in [7, 11) is 3.96. The third kappa shape index (κ3) is 4.78. The zero-order valence-electron chi connectivity index (χ0n) is 13.0. The molecule has 1 saturated carbocycles. The van der Waals surface area contributed by atoms with Crippen molar-refractivity contribution in [2.75, 3.05) is 33.7 Å². The highest BCUT2D eigenvalue weighted by Crippen LogP contribution is 2.31. The Morgan fingerprint density at radius 1 is 1.05 bits per heavy atom. The Morgan fingerprint density at radius 3 is 2.15 bits per heavy atom. The standard InChI is InChI=1S/C15H28N2O3/c1-4-9-17(11-10-16(2)3)14(18)12-7-5-6-8-13(12)15(19)20/h12-13H,4-11H2,1-3H3,(H,19,20)/t12-,13+/m1/s1. The second kappa shape index (κ2) is 8.25. The molecule has 0 bridgehead atoms. The van der Waals surface area contributed by atoms with E-state index in [-0.39, 0.29) is 11.8 Å². The van der Waals surface area contributed by atoms with E-state index in [1.165, 1.54) is 0 Å². The lowest BCUT2D eigenvalue weighted by molar-refractivity contribution is -0.152. The van der Waals surface area contributed by atoms with E-state index in [4.69, 9.17) is 0 Å². The Kier molecular flexibility index (Phi) is 6.99. The first-order valence-electron chi connectivity index (χ1n) is 7.63. The molecule has 1 aliphatic rings. The number of hydrogen-bond acceptors (Lipinski definition) is 3. The van der Waals surface area contributed by atoms with E-state index in [1.54, 1.807) is 0 Å². The van der Waals surface area contributed by atoms with E-state index < -0.39 is 11.9 Å². The van der Waals surface area contributed by atoms with Gasteiger partial charge in [0.2, 0.25) is 5.91 Å². The highest BCUT2D eigenvalue weighted by molar-refractivity contribution is 5.85. The minimum Gasteiger partial charge on any atom is -0.481 e. The number of nitrogens with zero attached hydrogens (tertiary/aromatic N) is 2. The van der Waals surface area contributed by atoms with Gasteiger partial charge in [-0.25, -0.2) is 0 Å². The summed E-state index contributed by atoms with van der Waals surface area (Å²) in [6, 6.07) is 0. The SMILES string of the molecule is CCCN(CCN(C)C)C(=O)[C@@H]1CCCC[C@@H]1C(=O)O. The molecule has 0 saturated heterocycles. The molecule has 1 aliphatic carbocycles. The molecule has 2 atom stereocenters. The summed E-state index contributed by atoms with van der Waals surface area (Å²) < 4.78 is 0. The predicted octanol–water partition coefficient (Wildman–Crippen LogP) is 1.68. The highest BCUT2D eigenvalue weighted by atomic mass is 16.4. The quantitative estimate of drug-likeness (QED) is 0.772. The van der Waals surface area contributed by atoms with Gasteiger partial charge in [0.1, 0.15) is 0 Å².